The fourth-order valence-corrected chi connectivity index (χ4v) is 4.07. The first-order valence-electron chi connectivity index (χ1n) is 10.5. The Morgan fingerprint density at radius 2 is 1.64 bits per heavy atom. The number of benzene rings is 2. The van der Waals surface area contributed by atoms with Crippen LogP contribution in [0.1, 0.15) is 40.0 Å². The second kappa shape index (κ2) is 9.46. The Hall–Kier alpha value is -3.65. The average Bonchev–Trinajstić information content (AvgIpc) is 3.07. The van der Waals surface area contributed by atoms with E-state index in [2.05, 4.69) is 5.32 Å². The highest BCUT2D eigenvalue weighted by molar-refractivity contribution is 6.53. The van der Waals surface area contributed by atoms with E-state index >= 15 is 0 Å². The van der Waals surface area contributed by atoms with Gasteiger partial charge in [-0.1, -0.05) is 17.7 Å². The monoisotopic (exact) mass is 467 g/mol. The van der Waals surface area contributed by atoms with Gasteiger partial charge in [0.1, 0.15) is 10.7 Å². The predicted octanol–water partition coefficient (Wildman–Crippen LogP) is 3.54. The molecule has 2 aliphatic rings. The lowest BCUT2D eigenvalue weighted by Gasteiger charge is -2.26. The minimum Gasteiger partial charge on any atom is -0.465 e. The van der Waals surface area contributed by atoms with Gasteiger partial charge in [0.05, 0.1) is 18.4 Å². The zero-order chi connectivity index (χ0) is 23.5. The molecule has 0 aliphatic carbocycles. The van der Waals surface area contributed by atoms with E-state index in [0.29, 0.717) is 11.3 Å². The van der Waals surface area contributed by atoms with Crippen LogP contribution in [-0.2, 0) is 14.3 Å². The van der Waals surface area contributed by atoms with Gasteiger partial charge in [0.2, 0.25) is 0 Å². The Morgan fingerprint density at radius 3 is 2.30 bits per heavy atom. The SMILES string of the molecule is COC(=O)c1cccc(N2C(=O)C(Cl)=C(Nc3ccc(C(=O)N4CCCCC4)cc3)C2=O)c1. The van der Waals surface area contributed by atoms with Crippen molar-refractivity contribution in [2.45, 2.75) is 19.3 Å². The number of likely N-dealkylation sites (tertiary alicyclic amines) is 1. The summed E-state index contributed by atoms with van der Waals surface area (Å²) in [5.74, 6) is -1.97. The van der Waals surface area contributed by atoms with Crippen molar-refractivity contribution in [2.75, 3.05) is 30.4 Å². The lowest BCUT2D eigenvalue weighted by Crippen LogP contribution is -2.35. The minimum absolute atomic E-state index is 0.0257. The molecule has 0 spiro atoms. The Labute approximate surface area is 195 Å². The van der Waals surface area contributed by atoms with Gasteiger partial charge in [0.15, 0.2) is 0 Å². The number of carbonyl (C=O) groups is 4. The molecule has 1 fully saturated rings. The third kappa shape index (κ3) is 4.47. The molecule has 1 saturated heterocycles. The molecule has 33 heavy (non-hydrogen) atoms. The van der Waals surface area contributed by atoms with Crippen LogP contribution >= 0.6 is 11.6 Å². The summed E-state index contributed by atoms with van der Waals surface area (Å²) in [6.07, 6.45) is 3.15. The van der Waals surface area contributed by atoms with Crippen LogP contribution in [0.5, 0.6) is 0 Å². The summed E-state index contributed by atoms with van der Waals surface area (Å²) in [4.78, 5) is 52.9. The lowest BCUT2D eigenvalue weighted by atomic mass is 10.1. The van der Waals surface area contributed by atoms with Crippen molar-refractivity contribution in [3.8, 4) is 0 Å². The molecule has 170 valence electrons. The Balaban J connectivity index is 1.51. The van der Waals surface area contributed by atoms with Gasteiger partial charge in [-0.2, -0.15) is 0 Å². The van der Waals surface area contributed by atoms with Crippen molar-refractivity contribution >= 4 is 46.7 Å². The van der Waals surface area contributed by atoms with E-state index < -0.39 is 17.8 Å². The third-order valence-corrected chi connectivity index (χ3v) is 5.95. The van der Waals surface area contributed by atoms with Gasteiger partial charge in [0.25, 0.3) is 17.7 Å². The number of esters is 1. The fourth-order valence-electron chi connectivity index (χ4n) is 3.86. The zero-order valence-corrected chi connectivity index (χ0v) is 18.7. The second-order valence-corrected chi connectivity index (χ2v) is 8.11. The number of hydrogen-bond acceptors (Lipinski definition) is 6. The number of hydrogen-bond donors (Lipinski definition) is 1. The summed E-state index contributed by atoms with van der Waals surface area (Å²) in [5, 5.41) is 2.62. The first-order chi connectivity index (χ1) is 15.9. The highest BCUT2D eigenvalue weighted by Crippen LogP contribution is 2.30. The smallest absolute Gasteiger partial charge is 0.337 e. The number of piperidine rings is 1. The van der Waals surface area contributed by atoms with Crippen LogP contribution in [0.25, 0.3) is 0 Å². The lowest BCUT2D eigenvalue weighted by molar-refractivity contribution is -0.120. The van der Waals surface area contributed by atoms with Gasteiger partial charge < -0.3 is 15.0 Å². The van der Waals surface area contributed by atoms with Gasteiger partial charge in [-0.05, 0) is 61.7 Å². The van der Waals surface area contributed by atoms with Crippen molar-refractivity contribution in [2.24, 2.45) is 0 Å². The van der Waals surface area contributed by atoms with Gasteiger partial charge in [0, 0.05) is 24.3 Å². The Kier molecular flexibility index (Phi) is 6.46. The summed E-state index contributed by atoms with van der Waals surface area (Å²) < 4.78 is 4.69. The van der Waals surface area contributed by atoms with Crippen molar-refractivity contribution < 1.29 is 23.9 Å². The van der Waals surface area contributed by atoms with Gasteiger partial charge in [-0.3, -0.25) is 14.4 Å². The quantitative estimate of drug-likeness (QED) is 0.533. The molecule has 2 aliphatic heterocycles. The largest absolute Gasteiger partial charge is 0.465 e. The van der Waals surface area contributed by atoms with Crippen LogP contribution in [0, 0.1) is 0 Å². The number of ether oxygens (including phenoxy) is 1. The van der Waals surface area contributed by atoms with Crippen LogP contribution < -0.4 is 10.2 Å². The van der Waals surface area contributed by atoms with E-state index in [9.17, 15) is 19.2 Å². The number of amides is 3. The predicted molar refractivity (Wildman–Crippen MR) is 123 cm³/mol. The standard InChI is InChI=1S/C24H22ClN3O5/c1-33-24(32)16-6-5-7-18(14-16)28-22(30)19(25)20(23(28)31)26-17-10-8-15(9-11-17)21(29)27-12-3-2-4-13-27/h5-11,14,26H,2-4,12-13H2,1H3. The highest BCUT2D eigenvalue weighted by Gasteiger charge is 2.39. The number of nitrogens with zero attached hydrogens (tertiary/aromatic N) is 2. The normalized spacial score (nSPS) is 16.3. The van der Waals surface area contributed by atoms with Crippen LogP contribution in [-0.4, -0.2) is 48.8 Å². The first-order valence-corrected chi connectivity index (χ1v) is 10.9. The van der Waals surface area contributed by atoms with Crippen molar-refractivity contribution in [3.63, 3.8) is 0 Å². The maximum absolute atomic E-state index is 13.0. The molecule has 0 radical (unpaired) electrons. The van der Waals surface area contributed by atoms with Gasteiger partial charge in [-0.15, -0.1) is 0 Å². The summed E-state index contributed by atoms with van der Waals surface area (Å²) >= 11 is 6.18. The average molecular weight is 468 g/mol. The maximum Gasteiger partial charge on any atom is 0.337 e. The van der Waals surface area contributed by atoms with Crippen LogP contribution in [0.15, 0.2) is 59.3 Å². The Morgan fingerprint density at radius 1 is 0.939 bits per heavy atom. The zero-order valence-electron chi connectivity index (χ0n) is 18.0. The molecule has 9 heteroatoms. The van der Waals surface area contributed by atoms with Crippen molar-refractivity contribution in [1.29, 1.82) is 0 Å². The molecule has 0 aromatic heterocycles. The molecule has 2 aromatic rings. The summed E-state index contributed by atoms with van der Waals surface area (Å²) in [7, 11) is 1.24. The van der Waals surface area contributed by atoms with Gasteiger partial charge >= 0.3 is 5.97 Å². The molecule has 0 saturated carbocycles. The molecule has 0 atom stereocenters. The van der Waals surface area contributed by atoms with E-state index in [1.807, 2.05) is 4.90 Å². The first kappa shape index (κ1) is 22.5. The van der Waals surface area contributed by atoms with Crippen LogP contribution in [0.2, 0.25) is 0 Å². The van der Waals surface area contributed by atoms with E-state index in [0.717, 1.165) is 37.3 Å². The van der Waals surface area contributed by atoms with E-state index in [-0.39, 0.29) is 27.9 Å². The second-order valence-electron chi connectivity index (χ2n) is 7.73. The van der Waals surface area contributed by atoms with Crippen LogP contribution in [0.4, 0.5) is 11.4 Å². The Bertz CT molecular complexity index is 1150. The molecule has 8 nitrogen and oxygen atoms in total. The number of halogens is 1. The number of rotatable bonds is 5. The van der Waals surface area contributed by atoms with Gasteiger partial charge in [-0.25, -0.2) is 9.69 Å². The maximum atomic E-state index is 13.0. The molecule has 1 N–H and O–H groups in total. The summed E-state index contributed by atoms with van der Waals surface area (Å²) in [6, 6.07) is 12.6. The topological polar surface area (TPSA) is 96.0 Å². The fraction of sp³-hybridized carbons (Fsp3) is 0.250. The molecule has 0 bridgehead atoms. The van der Waals surface area contributed by atoms with Crippen LogP contribution in [0.3, 0.4) is 0 Å². The third-order valence-electron chi connectivity index (χ3n) is 5.60. The number of carbonyl (C=O) groups excluding carboxylic acids is 4. The van der Waals surface area contributed by atoms with Crippen molar-refractivity contribution in [1.82, 2.24) is 4.90 Å². The summed E-state index contributed by atoms with van der Waals surface area (Å²) in [6.45, 7) is 1.51. The number of anilines is 2. The molecule has 3 amide bonds. The van der Waals surface area contributed by atoms with E-state index in [1.165, 1.54) is 25.3 Å². The number of imide groups is 1. The van der Waals surface area contributed by atoms with E-state index in [4.69, 9.17) is 16.3 Å². The number of methoxy groups -OCH3 is 1. The molecule has 2 aromatic carbocycles. The molecular formula is C24H22ClN3O5. The molecule has 2 heterocycles. The van der Waals surface area contributed by atoms with Crippen molar-refractivity contribution in [3.05, 3.63) is 70.4 Å². The number of nitrogens with one attached hydrogen (secondary N) is 1. The summed E-state index contributed by atoms with van der Waals surface area (Å²) in [5.41, 5.74) is 1.37. The molecular weight excluding hydrogens is 446 g/mol. The minimum atomic E-state index is -0.705. The molecule has 0 unspecified atom stereocenters. The van der Waals surface area contributed by atoms with E-state index in [1.54, 1.807) is 30.3 Å². The highest BCUT2D eigenvalue weighted by atomic mass is 35.5. The molecule has 4 rings (SSSR count).